The van der Waals surface area contributed by atoms with Crippen molar-refractivity contribution < 1.29 is 14.6 Å². The summed E-state index contributed by atoms with van der Waals surface area (Å²) in [4.78, 5) is 0. The van der Waals surface area contributed by atoms with Crippen molar-refractivity contribution in [1.29, 1.82) is 0 Å². The number of hydrogen-bond donors (Lipinski definition) is 1. The van der Waals surface area contributed by atoms with Crippen LogP contribution in [-0.2, 0) is 9.47 Å². The molecule has 3 fully saturated rings. The predicted molar refractivity (Wildman–Crippen MR) is 68.4 cm³/mol. The van der Waals surface area contributed by atoms with Crippen LogP contribution in [0.2, 0.25) is 0 Å². The number of aliphatic hydroxyl groups is 1. The minimum atomic E-state index is -0.581. The van der Waals surface area contributed by atoms with E-state index >= 15 is 0 Å². The molecule has 0 radical (unpaired) electrons. The second-order valence-electron chi connectivity index (χ2n) is 5.78. The van der Waals surface area contributed by atoms with Gasteiger partial charge in [-0.15, -0.1) is 0 Å². The van der Waals surface area contributed by atoms with E-state index in [0.717, 1.165) is 51.1 Å². The minimum Gasteiger partial charge on any atom is -0.387 e. The van der Waals surface area contributed by atoms with Gasteiger partial charge in [0.2, 0.25) is 0 Å². The van der Waals surface area contributed by atoms with Crippen LogP contribution in [0.4, 0.5) is 0 Å². The lowest BCUT2D eigenvalue weighted by Crippen LogP contribution is -2.52. The first-order valence-corrected chi connectivity index (χ1v) is 7.90. The molecule has 0 saturated carbocycles. The lowest BCUT2D eigenvalue weighted by atomic mass is 9.73. The summed E-state index contributed by atoms with van der Waals surface area (Å²) in [7, 11) is 0. The van der Waals surface area contributed by atoms with Crippen molar-refractivity contribution in [2.75, 3.05) is 31.3 Å². The zero-order valence-corrected chi connectivity index (χ0v) is 11.1. The van der Waals surface area contributed by atoms with Crippen molar-refractivity contribution in [3.8, 4) is 0 Å². The van der Waals surface area contributed by atoms with E-state index in [1.54, 1.807) is 0 Å². The second kappa shape index (κ2) is 4.72. The summed E-state index contributed by atoms with van der Waals surface area (Å²) in [5.41, 5.74) is -0.511. The molecule has 4 heteroatoms. The molecular weight excluding hydrogens is 236 g/mol. The second-order valence-corrected chi connectivity index (χ2v) is 6.89. The van der Waals surface area contributed by atoms with Gasteiger partial charge in [-0.1, -0.05) is 0 Å². The van der Waals surface area contributed by atoms with Gasteiger partial charge in [0.05, 0.1) is 17.8 Å². The number of ether oxygens (including phenoxy) is 2. The smallest absolute Gasteiger partial charge is 0.0910 e. The van der Waals surface area contributed by atoms with Crippen LogP contribution in [0.1, 0.15) is 32.1 Å². The number of hydrogen-bond acceptors (Lipinski definition) is 4. The Morgan fingerprint density at radius 1 is 1.24 bits per heavy atom. The Morgan fingerprint density at radius 2 is 2.18 bits per heavy atom. The minimum absolute atomic E-state index is 0.0702. The van der Waals surface area contributed by atoms with E-state index < -0.39 is 5.60 Å². The molecule has 0 aromatic carbocycles. The highest BCUT2D eigenvalue weighted by Crippen LogP contribution is 2.45. The summed E-state index contributed by atoms with van der Waals surface area (Å²) in [6.45, 7) is 2.15. The topological polar surface area (TPSA) is 38.7 Å². The van der Waals surface area contributed by atoms with Crippen molar-refractivity contribution in [3.05, 3.63) is 0 Å². The maximum absolute atomic E-state index is 10.8. The monoisotopic (exact) mass is 258 g/mol. The molecule has 3 aliphatic heterocycles. The molecule has 0 aromatic heterocycles. The molecule has 3 rings (SSSR count). The average molecular weight is 258 g/mol. The van der Waals surface area contributed by atoms with Gasteiger partial charge in [0.15, 0.2) is 0 Å². The van der Waals surface area contributed by atoms with Crippen molar-refractivity contribution in [3.63, 3.8) is 0 Å². The Labute approximate surface area is 107 Å². The van der Waals surface area contributed by atoms with Crippen LogP contribution >= 0.6 is 11.8 Å². The van der Waals surface area contributed by atoms with E-state index in [2.05, 4.69) is 0 Å². The maximum atomic E-state index is 10.8. The standard InChI is InChI=1S/C13H22O3S/c14-13(3-1-5-15-9-13)11-2-6-16-12(8-11)4-7-17-10-12/h11,14H,1-10H2. The molecule has 0 amide bonds. The summed E-state index contributed by atoms with van der Waals surface area (Å²) >= 11 is 1.99. The first-order valence-electron chi connectivity index (χ1n) is 6.74. The van der Waals surface area contributed by atoms with Crippen molar-refractivity contribution in [2.45, 2.75) is 43.3 Å². The van der Waals surface area contributed by atoms with E-state index in [-0.39, 0.29) is 5.60 Å². The molecule has 1 spiro atoms. The van der Waals surface area contributed by atoms with Crippen LogP contribution in [0.3, 0.4) is 0 Å². The normalized spacial score (nSPS) is 47.5. The Kier molecular flexibility index (Phi) is 3.41. The predicted octanol–water partition coefficient (Wildman–Crippen LogP) is 1.83. The van der Waals surface area contributed by atoms with Gasteiger partial charge in [0.1, 0.15) is 0 Å². The van der Waals surface area contributed by atoms with Gasteiger partial charge in [0.25, 0.3) is 0 Å². The Hall–Kier alpha value is 0.230. The first kappa shape index (κ1) is 12.3. The molecule has 3 saturated heterocycles. The zero-order valence-electron chi connectivity index (χ0n) is 10.3. The lowest BCUT2D eigenvalue weighted by molar-refractivity contribution is -0.169. The maximum Gasteiger partial charge on any atom is 0.0910 e. The van der Waals surface area contributed by atoms with Crippen LogP contribution in [0.5, 0.6) is 0 Å². The van der Waals surface area contributed by atoms with E-state index in [4.69, 9.17) is 9.47 Å². The molecule has 0 aliphatic carbocycles. The fourth-order valence-electron chi connectivity index (χ4n) is 3.47. The van der Waals surface area contributed by atoms with Crippen LogP contribution < -0.4 is 0 Å². The highest BCUT2D eigenvalue weighted by atomic mass is 32.2. The molecule has 3 unspecified atom stereocenters. The van der Waals surface area contributed by atoms with Gasteiger partial charge < -0.3 is 14.6 Å². The van der Waals surface area contributed by atoms with Gasteiger partial charge in [-0.05, 0) is 43.8 Å². The molecule has 3 atom stereocenters. The Morgan fingerprint density at radius 3 is 2.88 bits per heavy atom. The zero-order chi connectivity index (χ0) is 11.8. The summed E-state index contributed by atoms with van der Waals surface area (Å²) in [5.74, 6) is 2.69. The summed E-state index contributed by atoms with van der Waals surface area (Å²) in [6.07, 6.45) is 5.08. The fraction of sp³-hybridized carbons (Fsp3) is 1.00. The highest BCUT2D eigenvalue weighted by Gasteiger charge is 2.47. The highest BCUT2D eigenvalue weighted by molar-refractivity contribution is 7.99. The van der Waals surface area contributed by atoms with E-state index in [9.17, 15) is 5.11 Å². The SMILES string of the molecule is OC1(C2CCOC3(CCSC3)C2)CCCOC1. The van der Waals surface area contributed by atoms with Gasteiger partial charge in [-0.3, -0.25) is 0 Å². The fourth-order valence-corrected chi connectivity index (χ4v) is 4.85. The molecular formula is C13H22O3S. The van der Waals surface area contributed by atoms with Gasteiger partial charge in [-0.25, -0.2) is 0 Å². The molecule has 3 nitrogen and oxygen atoms in total. The third-order valence-corrected chi connectivity index (χ3v) is 5.79. The molecule has 3 aliphatic rings. The third-order valence-electron chi connectivity index (χ3n) is 4.57. The largest absolute Gasteiger partial charge is 0.387 e. The molecule has 1 N–H and O–H groups in total. The third kappa shape index (κ3) is 2.37. The number of thioether (sulfide) groups is 1. The van der Waals surface area contributed by atoms with Gasteiger partial charge >= 0.3 is 0 Å². The molecule has 0 aromatic rings. The summed E-state index contributed by atoms with van der Waals surface area (Å²) in [6, 6.07) is 0. The lowest BCUT2D eigenvalue weighted by Gasteiger charge is -2.46. The Balaban J connectivity index is 1.70. The molecule has 98 valence electrons. The first-order chi connectivity index (χ1) is 8.23. The molecule has 0 bridgehead atoms. The van der Waals surface area contributed by atoms with Crippen LogP contribution in [0.15, 0.2) is 0 Å². The van der Waals surface area contributed by atoms with Crippen molar-refractivity contribution in [1.82, 2.24) is 0 Å². The van der Waals surface area contributed by atoms with E-state index in [0.29, 0.717) is 12.5 Å². The molecule has 17 heavy (non-hydrogen) atoms. The van der Waals surface area contributed by atoms with Crippen LogP contribution in [0, 0.1) is 5.92 Å². The van der Waals surface area contributed by atoms with E-state index in [1.807, 2.05) is 11.8 Å². The van der Waals surface area contributed by atoms with Crippen LogP contribution in [0.25, 0.3) is 0 Å². The van der Waals surface area contributed by atoms with Gasteiger partial charge in [0, 0.05) is 19.0 Å². The van der Waals surface area contributed by atoms with E-state index in [1.165, 1.54) is 5.75 Å². The van der Waals surface area contributed by atoms with Crippen molar-refractivity contribution >= 4 is 11.8 Å². The van der Waals surface area contributed by atoms with Gasteiger partial charge in [-0.2, -0.15) is 11.8 Å². The average Bonchev–Trinajstić information content (AvgIpc) is 2.78. The Bertz CT molecular complexity index is 270. The van der Waals surface area contributed by atoms with Crippen molar-refractivity contribution in [2.24, 2.45) is 5.92 Å². The summed E-state index contributed by atoms with van der Waals surface area (Å²) in [5, 5.41) is 10.8. The van der Waals surface area contributed by atoms with Crippen LogP contribution in [-0.4, -0.2) is 47.6 Å². The molecule has 3 heterocycles. The number of rotatable bonds is 1. The quantitative estimate of drug-likeness (QED) is 0.779. The summed E-state index contributed by atoms with van der Waals surface area (Å²) < 4.78 is 11.5.